The van der Waals surface area contributed by atoms with Crippen LogP contribution in [0, 0.1) is 0 Å². The van der Waals surface area contributed by atoms with Crippen LogP contribution in [0.25, 0.3) is 0 Å². The summed E-state index contributed by atoms with van der Waals surface area (Å²) in [7, 11) is 0. The van der Waals surface area contributed by atoms with E-state index in [-0.39, 0.29) is 12.4 Å². The number of esters is 3. The van der Waals surface area contributed by atoms with E-state index in [1.165, 1.54) is 27.7 Å². The number of pyridine rings is 1. The van der Waals surface area contributed by atoms with Gasteiger partial charge in [0.05, 0.1) is 5.56 Å². The Morgan fingerprint density at radius 1 is 1.00 bits per heavy atom. The zero-order chi connectivity index (χ0) is 20.1. The summed E-state index contributed by atoms with van der Waals surface area (Å²) in [6.45, 7) is 4.91. The van der Waals surface area contributed by atoms with Gasteiger partial charge in [-0.15, -0.1) is 0 Å². The average Bonchev–Trinajstić information content (AvgIpc) is 2.89. The summed E-state index contributed by atoms with van der Waals surface area (Å²) in [5, 5.41) is 0. The van der Waals surface area contributed by atoms with Gasteiger partial charge in [-0.1, -0.05) is 0 Å². The second-order valence-corrected chi connectivity index (χ2v) is 6.11. The van der Waals surface area contributed by atoms with Gasteiger partial charge in [-0.05, 0) is 13.0 Å². The summed E-state index contributed by atoms with van der Waals surface area (Å²) in [4.78, 5) is 45.9. The zero-order valence-electron chi connectivity index (χ0n) is 15.5. The standard InChI is InChI=1S/C18H22NO8/c1-10(20)14-6-5-7-19(8-14)18-17(26-13(4)23)16(25-12(3)22)15(27-18)9-24-11(2)21/h5-8,15-18H,9H2,1-4H3/q+1/t15-,16-,17-,18-/m1/s1. The predicted molar refractivity (Wildman–Crippen MR) is 88.3 cm³/mol. The lowest BCUT2D eigenvalue weighted by atomic mass is 10.1. The van der Waals surface area contributed by atoms with Crippen LogP contribution in [0.15, 0.2) is 24.5 Å². The number of ether oxygens (including phenoxy) is 4. The van der Waals surface area contributed by atoms with Crippen molar-refractivity contribution in [3.8, 4) is 0 Å². The molecule has 0 saturated carbocycles. The average molecular weight is 380 g/mol. The van der Waals surface area contributed by atoms with Crippen molar-refractivity contribution < 1.29 is 42.7 Å². The van der Waals surface area contributed by atoms with Gasteiger partial charge in [0.15, 0.2) is 24.3 Å². The lowest BCUT2D eigenvalue weighted by molar-refractivity contribution is -0.765. The van der Waals surface area contributed by atoms with E-state index in [4.69, 9.17) is 18.9 Å². The zero-order valence-corrected chi connectivity index (χ0v) is 15.5. The van der Waals surface area contributed by atoms with Gasteiger partial charge in [0.25, 0.3) is 0 Å². The highest BCUT2D eigenvalue weighted by atomic mass is 16.7. The molecule has 1 aliphatic rings. The Kier molecular flexibility index (Phi) is 6.62. The molecule has 2 heterocycles. The van der Waals surface area contributed by atoms with Gasteiger partial charge in [-0.3, -0.25) is 19.2 Å². The molecule has 2 rings (SSSR count). The summed E-state index contributed by atoms with van der Waals surface area (Å²) in [6.07, 6.45) is -0.517. The Bertz CT molecular complexity index is 747. The molecule has 0 N–H and O–H groups in total. The van der Waals surface area contributed by atoms with Gasteiger partial charge in [0, 0.05) is 26.8 Å². The van der Waals surface area contributed by atoms with E-state index >= 15 is 0 Å². The Balaban J connectivity index is 2.39. The van der Waals surface area contributed by atoms with E-state index in [2.05, 4.69) is 0 Å². The maximum absolute atomic E-state index is 11.7. The second-order valence-electron chi connectivity index (χ2n) is 6.11. The summed E-state index contributed by atoms with van der Waals surface area (Å²) in [6, 6.07) is 3.28. The molecular weight excluding hydrogens is 358 g/mol. The predicted octanol–water partition coefficient (Wildman–Crippen LogP) is 0.501. The number of carbonyl (C=O) groups excluding carboxylic acids is 4. The first-order chi connectivity index (χ1) is 12.7. The first-order valence-corrected chi connectivity index (χ1v) is 8.34. The van der Waals surface area contributed by atoms with Gasteiger partial charge >= 0.3 is 24.1 Å². The highest BCUT2D eigenvalue weighted by molar-refractivity contribution is 5.93. The van der Waals surface area contributed by atoms with Crippen LogP contribution in [-0.2, 0) is 33.3 Å². The first kappa shape index (κ1) is 20.5. The monoisotopic (exact) mass is 380 g/mol. The van der Waals surface area contributed by atoms with Crippen molar-refractivity contribution in [2.24, 2.45) is 0 Å². The molecule has 146 valence electrons. The molecule has 1 aliphatic heterocycles. The molecule has 9 nitrogen and oxygen atoms in total. The molecule has 9 heteroatoms. The third-order valence-corrected chi connectivity index (χ3v) is 3.86. The van der Waals surface area contributed by atoms with Gasteiger partial charge in [0.2, 0.25) is 6.10 Å². The van der Waals surface area contributed by atoms with Crippen molar-refractivity contribution in [3.63, 3.8) is 0 Å². The highest BCUT2D eigenvalue weighted by Gasteiger charge is 2.54. The van der Waals surface area contributed by atoms with Crippen molar-refractivity contribution in [3.05, 3.63) is 30.1 Å². The number of hydrogen-bond acceptors (Lipinski definition) is 8. The van der Waals surface area contributed by atoms with Gasteiger partial charge in [0.1, 0.15) is 12.7 Å². The van der Waals surface area contributed by atoms with Crippen molar-refractivity contribution in [2.45, 2.75) is 52.2 Å². The van der Waals surface area contributed by atoms with Crippen LogP contribution in [0.3, 0.4) is 0 Å². The lowest BCUT2D eigenvalue weighted by Gasteiger charge is -2.21. The number of nitrogens with zero attached hydrogens (tertiary/aromatic N) is 1. The van der Waals surface area contributed by atoms with E-state index < -0.39 is 42.4 Å². The highest BCUT2D eigenvalue weighted by Crippen LogP contribution is 2.31. The Hall–Kier alpha value is -2.81. The Morgan fingerprint density at radius 3 is 2.19 bits per heavy atom. The first-order valence-electron chi connectivity index (χ1n) is 8.34. The van der Waals surface area contributed by atoms with Crippen LogP contribution < -0.4 is 4.57 Å². The normalized spacial score (nSPS) is 24.1. The largest absolute Gasteiger partial charge is 0.463 e. The van der Waals surface area contributed by atoms with E-state index in [0.717, 1.165) is 0 Å². The van der Waals surface area contributed by atoms with Crippen LogP contribution in [-0.4, -0.2) is 48.6 Å². The molecule has 0 radical (unpaired) electrons. The van der Waals surface area contributed by atoms with Crippen LogP contribution >= 0.6 is 0 Å². The van der Waals surface area contributed by atoms with Crippen LogP contribution in [0.4, 0.5) is 0 Å². The molecular formula is C18H22NO8+. The maximum atomic E-state index is 11.7. The van der Waals surface area contributed by atoms with Gasteiger partial charge < -0.3 is 18.9 Å². The molecule has 0 spiro atoms. The molecule has 1 saturated heterocycles. The van der Waals surface area contributed by atoms with Crippen molar-refractivity contribution in [1.29, 1.82) is 0 Å². The summed E-state index contributed by atoms with van der Waals surface area (Å²) >= 11 is 0. The smallest absolute Gasteiger partial charge is 0.304 e. The summed E-state index contributed by atoms with van der Waals surface area (Å²) in [5.74, 6) is -1.88. The lowest BCUT2D eigenvalue weighted by Crippen LogP contribution is -2.48. The van der Waals surface area contributed by atoms with E-state index in [0.29, 0.717) is 5.56 Å². The van der Waals surface area contributed by atoms with E-state index in [1.54, 1.807) is 29.1 Å². The summed E-state index contributed by atoms with van der Waals surface area (Å²) in [5.41, 5.74) is 0.426. The molecule has 27 heavy (non-hydrogen) atoms. The molecule has 1 aromatic rings. The van der Waals surface area contributed by atoms with Crippen molar-refractivity contribution in [1.82, 2.24) is 0 Å². The maximum Gasteiger partial charge on any atom is 0.304 e. The third kappa shape index (κ3) is 5.33. The molecule has 0 aliphatic carbocycles. The Labute approximate surface area is 156 Å². The number of Topliss-reactive ketones (excluding diaryl/α,β-unsaturated/α-hetero) is 1. The van der Waals surface area contributed by atoms with Gasteiger partial charge in [-0.25, -0.2) is 0 Å². The Morgan fingerprint density at radius 2 is 1.63 bits per heavy atom. The number of hydrogen-bond donors (Lipinski definition) is 0. The van der Waals surface area contributed by atoms with Crippen LogP contribution in [0.5, 0.6) is 0 Å². The fourth-order valence-electron chi connectivity index (χ4n) is 2.79. The fourth-order valence-corrected chi connectivity index (χ4v) is 2.79. The van der Waals surface area contributed by atoms with Crippen LogP contribution in [0.2, 0.25) is 0 Å². The fraction of sp³-hybridized carbons (Fsp3) is 0.500. The molecule has 0 aromatic carbocycles. The molecule has 0 bridgehead atoms. The molecule has 0 unspecified atom stereocenters. The topological polar surface area (TPSA) is 109 Å². The van der Waals surface area contributed by atoms with E-state index in [9.17, 15) is 19.2 Å². The quantitative estimate of drug-likeness (QED) is 0.304. The molecule has 4 atom stereocenters. The minimum atomic E-state index is -0.987. The number of rotatable bonds is 6. The second kappa shape index (κ2) is 8.72. The number of aromatic nitrogens is 1. The van der Waals surface area contributed by atoms with Crippen molar-refractivity contribution >= 4 is 23.7 Å². The SMILES string of the molecule is CC(=O)OC[C@H]1O[C@@H]([n+]2cccc(C(C)=O)c2)[C@H](OC(C)=O)[C@@H]1OC(C)=O. The third-order valence-electron chi connectivity index (χ3n) is 3.86. The minimum absolute atomic E-state index is 0.153. The number of ketones is 1. The summed E-state index contributed by atoms with van der Waals surface area (Å²) < 4.78 is 23.0. The molecule has 1 fully saturated rings. The molecule has 1 aromatic heterocycles. The molecule has 0 amide bonds. The number of carbonyl (C=O) groups is 4. The minimum Gasteiger partial charge on any atom is -0.463 e. The van der Waals surface area contributed by atoms with Crippen molar-refractivity contribution in [2.75, 3.05) is 6.61 Å². The van der Waals surface area contributed by atoms with Crippen LogP contribution in [0.1, 0.15) is 44.3 Å². The van der Waals surface area contributed by atoms with Gasteiger partial charge in [-0.2, -0.15) is 4.57 Å². The van der Waals surface area contributed by atoms with E-state index in [1.807, 2.05) is 0 Å².